The van der Waals surface area contributed by atoms with Crippen molar-refractivity contribution in [2.45, 2.75) is 20.1 Å². The molecule has 0 spiro atoms. The van der Waals surface area contributed by atoms with Crippen LogP contribution in [0.15, 0.2) is 15.6 Å². The molecule has 0 aliphatic rings. The number of aromatic nitrogens is 2. The quantitative estimate of drug-likeness (QED) is 0.830. The molecule has 6 heteroatoms. The summed E-state index contributed by atoms with van der Waals surface area (Å²) in [6.45, 7) is 4.69. The van der Waals surface area contributed by atoms with E-state index < -0.39 is 6.29 Å². The highest BCUT2D eigenvalue weighted by Gasteiger charge is 2.18. The van der Waals surface area contributed by atoms with Crippen LogP contribution in [-0.4, -0.2) is 23.2 Å². The summed E-state index contributed by atoms with van der Waals surface area (Å²) in [7, 11) is 0. The second kappa shape index (κ2) is 5.99. The first-order valence-corrected chi connectivity index (χ1v) is 5.46. The highest BCUT2D eigenvalue weighted by atomic mass is 79.9. The Kier molecular flexibility index (Phi) is 4.93. The Hall–Kier alpha value is -0.720. The lowest BCUT2D eigenvalue weighted by atomic mass is 10.4. The van der Waals surface area contributed by atoms with Gasteiger partial charge >= 0.3 is 0 Å². The Morgan fingerprint density at radius 2 is 2.07 bits per heavy atom. The van der Waals surface area contributed by atoms with Crippen LogP contribution in [0.4, 0.5) is 0 Å². The Morgan fingerprint density at radius 3 is 2.60 bits per heavy atom. The largest absolute Gasteiger partial charge is 0.347 e. The van der Waals surface area contributed by atoms with Crippen LogP contribution < -0.4 is 5.56 Å². The van der Waals surface area contributed by atoms with Gasteiger partial charge in [-0.2, -0.15) is 0 Å². The molecule has 5 nitrogen and oxygen atoms in total. The summed E-state index contributed by atoms with van der Waals surface area (Å²) in [4.78, 5) is 17.8. The molecule has 1 aromatic rings. The summed E-state index contributed by atoms with van der Waals surface area (Å²) in [5.74, 6) is 0. The first-order valence-electron chi connectivity index (χ1n) is 4.67. The van der Waals surface area contributed by atoms with Crippen molar-refractivity contribution >= 4 is 15.9 Å². The van der Waals surface area contributed by atoms with E-state index in [0.717, 1.165) is 0 Å². The van der Waals surface area contributed by atoms with E-state index in [0.29, 0.717) is 23.4 Å². The van der Waals surface area contributed by atoms with Gasteiger partial charge in [0.15, 0.2) is 0 Å². The van der Waals surface area contributed by atoms with E-state index >= 15 is 0 Å². The van der Waals surface area contributed by atoms with Gasteiger partial charge in [-0.05, 0) is 29.8 Å². The Morgan fingerprint density at radius 1 is 1.47 bits per heavy atom. The number of nitrogens with zero attached hydrogens (tertiary/aromatic N) is 1. The smallest absolute Gasteiger partial charge is 0.265 e. The summed E-state index contributed by atoms with van der Waals surface area (Å²) in [5, 5.41) is 0. The average molecular weight is 277 g/mol. The third kappa shape index (κ3) is 3.12. The molecule has 0 bridgehead atoms. The summed E-state index contributed by atoms with van der Waals surface area (Å²) in [6.07, 6.45) is 0.727. The highest BCUT2D eigenvalue weighted by molar-refractivity contribution is 9.10. The van der Waals surface area contributed by atoms with Crippen LogP contribution in [0.5, 0.6) is 0 Å². The topological polar surface area (TPSA) is 64.2 Å². The second-order valence-corrected chi connectivity index (χ2v) is 3.47. The number of hydrogen-bond donors (Lipinski definition) is 1. The van der Waals surface area contributed by atoms with Gasteiger partial charge in [0.2, 0.25) is 6.29 Å². The zero-order chi connectivity index (χ0) is 11.3. The number of rotatable bonds is 5. The minimum absolute atomic E-state index is 0.246. The molecule has 1 aromatic heterocycles. The number of H-pyrrole nitrogens is 1. The van der Waals surface area contributed by atoms with E-state index in [9.17, 15) is 4.79 Å². The van der Waals surface area contributed by atoms with E-state index in [-0.39, 0.29) is 5.56 Å². The van der Waals surface area contributed by atoms with Crippen molar-refractivity contribution in [2.24, 2.45) is 0 Å². The van der Waals surface area contributed by atoms with Gasteiger partial charge in [0, 0.05) is 13.2 Å². The van der Waals surface area contributed by atoms with Crippen molar-refractivity contribution in [3.8, 4) is 0 Å². The van der Waals surface area contributed by atoms with Crippen LogP contribution in [0.1, 0.15) is 25.8 Å². The molecule has 1 N–H and O–H groups in total. The molecular formula is C9H13BrN2O3. The zero-order valence-corrected chi connectivity index (χ0v) is 10.2. The van der Waals surface area contributed by atoms with Crippen molar-refractivity contribution in [3.63, 3.8) is 0 Å². The summed E-state index contributed by atoms with van der Waals surface area (Å²) in [5.41, 5.74) is 0.215. The van der Waals surface area contributed by atoms with Gasteiger partial charge in [-0.15, -0.1) is 0 Å². The molecule has 15 heavy (non-hydrogen) atoms. The summed E-state index contributed by atoms with van der Waals surface area (Å²) in [6, 6.07) is 0. The molecule has 84 valence electrons. The summed E-state index contributed by atoms with van der Waals surface area (Å²) >= 11 is 3.15. The normalized spacial score (nSPS) is 10.9. The fraction of sp³-hybridized carbons (Fsp3) is 0.556. The monoisotopic (exact) mass is 276 g/mol. The van der Waals surface area contributed by atoms with Crippen molar-refractivity contribution in [1.29, 1.82) is 0 Å². The predicted octanol–water partition coefficient (Wildman–Crippen LogP) is 1.60. The van der Waals surface area contributed by atoms with Gasteiger partial charge in [0.1, 0.15) is 10.2 Å². The van der Waals surface area contributed by atoms with E-state index in [1.807, 2.05) is 13.8 Å². The predicted molar refractivity (Wildman–Crippen MR) is 58.6 cm³/mol. The highest BCUT2D eigenvalue weighted by Crippen LogP contribution is 2.21. The van der Waals surface area contributed by atoms with Crippen LogP contribution in [0, 0.1) is 0 Å². The lowest BCUT2D eigenvalue weighted by molar-refractivity contribution is -0.143. The van der Waals surface area contributed by atoms with E-state index in [4.69, 9.17) is 9.47 Å². The molecule has 0 unspecified atom stereocenters. The van der Waals surface area contributed by atoms with Gasteiger partial charge in [-0.1, -0.05) is 0 Å². The molecule has 0 saturated heterocycles. The van der Waals surface area contributed by atoms with Crippen molar-refractivity contribution < 1.29 is 9.47 Å². The molecule has 0 aliphatic carbocycles. The number of nitrogens with one attached hydrogen (secondary N) is 1. The van der Waals surface area contributed by atoms with E-state index in [1.165, 1.54) is 6.33 Å². The Bertz CT molecular complexity index is 361. The van der Waals surface area contributed by atoms with Crippen LogP contribution in [-0.2, 0) is 9.47 Å². The van der Waals surface area contributed by atoms with Gasteiger partial charge in [-0.3, -0.25) is 4.79 Å². The standard InChI is InChI=1S/C9H13BrN2O3/c1-3-14-9(15-4-2)7-6(10)8(13)12-5-11-7/h5,9H,3-4H2,1-2H3,(H,11,12,13). The molecule has 0 radical (unpaired) electrons. The molecule has 0 aromatic carbocycles. The van der Waals surface area contributed by atoms with Gasteiger partial charge < -0.3 is 14.5 Å². The number of aromatic amines is 1. The third-order valence-electron chi connectivity index (χ3n) is 1.68. The van der Waals surface area contributed by atoms with Crippen LogP contribution in [0.25, 0.3) is 0 Å². The Balaban J connectivity index is 2.99. The zero-order valence-electron chi connectivity index (χ0n) is 8.62. The molecule has 0 fully saturated rings. The summed E-state index contributed by atoms with van der Waals surface area (Å²) < 4.78 is 11.0. The molecule has 0 atom stereocenters. The van der Waals surface area contributed by atoms with Gasteiger partial charge in [-0.25, -0.2) is 4.98 Å². The first-order chi connectivity index (χ1) is 7.20. The minimum atomic E-state index is -0.600. The van der Waals surface area contributed by atoms with Crippen LogP contribution >= 0.6 is 15.9 Å². The van der Waals surface area contributed by atoms with Crippen molar-refractivity contribution in [1.82, 2.24) is 9.97 Å². The molecule has 1 heterocycles. The van der Waals surface area contributed by atoms with E-state index in [1.54, 1.807) is 0 Å². The molecule has 0 saturated carbocycles. The molecule has 0 amide bonds. The number of ether oxygens (including phenoxy) is 2. The third-order valence-corrected chi connectivity index (χ3v) is 2.45. The number of halogens is 1. The maximum atomic E-state index is 11.3. The Labute approximate surface area is 96.0 Å². The SMILES string of the molecule is CCOC(OCC)c1nc[nH]c(=O)c1Br. The molecule has 1 rings (SSSR count). The van der Waals surface area contributed by atoms with Crippen LogP contribution in [0.3, 0.4) is 0 Å². The maximum absolute atomic E-state index is 11.3. The van der Waals surface area contributed by atoms with Crippen molar-refractivity contribution in [2.75, 3.05) is 13.2 Å². The molecular weight excluding hydrogens is 264 g/mol. The van der Waals surface area contributed by atoms with Crippen molar-refractivity contribution in [3.05, 3.63) is 26.8 Å². The lowest BCUT2D eigenvalue weighted by Gasteiger charge is -2.16. The maximum Gasteiger partial charge on any atom is 0.265 e. The second-order valence-electron chi connectivity index (χ2n) is 2.67. The van der Waals surface area contributed by atoms with Gasteiger partial charge in [0.25, 0.3) is 5.56 Å². The first kappa shape index (κ1) is 12.4. The minimum Gasteiger partial charge on any atom is -0.347 e. The number of hydrogen-bond acceptors (Lipinski definition) is 4. The fourth-order valence-corrected chi connectivity index (χ4v) is 1.47. The average Bonchev–Trinajstić information content (AvgIpc) is 2.22. The lowest BCUT2D eigenvalue weighted by Crippen LogP contribution is -2.17. The van der Waals surface area contributed by atoms with Gasteiger partial charge in [0.05, 0.1) is 6.33 Å². The van der Waals surface area contributed by atoms with E-state index in [2.05, 4.69) is 25.9 Å². The van der Waals surface area contributed by atoms with Crippen LogP contribution in [0.2, 0.25) is 0 Å². The fourth-order valence-electron chi connectivity index (χ4n) is 1.07. The molecule has 0 aliphatic heterocycles.